The molecule has 90 valence electrons. The minimum Gasteiger partial charge on any atom is -0.336 e. The van der Waals surface area contributed by atoms with Crippen LogP contribution >= 0.6 is 0 Å². The summed E-state index contributed by atoms with van der Waals surface area (Å²) in [6.07, 6.45) is 9.80. The summed E-state index contributed by atoms with van der Waals surface area (Å²) in [6.45, 7) is 4.41. The maximum Gasteiger partial charge on any atom is 0.0946 e. The Hall–Kier alpha value is -0.870. The molecule has 0 aliphatic carbocycles. The summed E-state index contributed by atoms with van der Waals surface area (Å²) >= 11 is 0. The van der Waals surface area contributed by atoms with Crippen molar-refractivity contribution in [2.24, 2.45) is 0 Å². The van der Waals surface area contributed by atoms with Gasteiger partial charge in [-0.05, 0) is 26.4 Å². The number of nitrogens with one attached hydrogen (secondary N) is 1. The third-order valence-electron chi connectivity index (χ3n) is 3.41. The molecule has 4 heteroatoms. The lowest BCUT2D eigenvalue weighted by Gasteiger charge is -2.32. The van der Waals surface area contributed by atoms with Gasteiger partial charge in [0.1, 0.15) is 0 Å². The van der Waals surface area contributed by atoms with Crippen LogP contribution < -0.4 is 5.32 Å². The number of imidazole rings is 1. The minimum absolute atomic E-state index is 0.733. The predicted molar refractivity (Wildman–Crippen MR) is 65.4 cm³/mol. The lowest BCUT2D eigenvalue weighted by atomic mass is 10.0. The molecule has 0 bridgehead atoms. The molecule has 1 N–H and O–H groups in total. The molecule has 0 amide bonds. The van der Waals surface area contributed by atoms with Crippen LogP contribution in [-0.4, -0.2) is 47.2 Å². The van der Waals surface area contributed by atoms with Gasteiger partial charge in [0.25, 0.3) is 0 Å². The summed E-state index contributed by atoms with van der Waals surface area (Å²) in [4.78, 5) is 6.51. The maximum atomic E-state index is 4.03. The molecule has 0 saturated carbocycles. The van der Waals surface area contributed by atoms with E-state index in [0.29, 0.717) is 0 Å². The van der Waals surface area contributed by atoms with Crippen LogP contribution in [0.1, 0.15) is 19.3 Å². The molecule has 2 rings (SSSR count). The van der Waals surface area contributed by atoms with Crippen molar-refractivity contribution in [1.82, 2.24) is 19.8 Å². The second kappa shape index (κ2) is 6.01. The third kappa shape index (κ3) is 3.32. The standard InChI is InChI=1S/C12H22N4/c1-15-7-3-2-4-12(15)10-13-5-8-16-9-6-14-11-16/h6,9,11-13H,2-5,7-8,10H2,1H3. The van der Waals surface area contributed by atoms with Gasteiger partial charge in [0.05, 0.1) is 6.33 Å². The van der Waals surface area contributed by atoms with Crippen molar-refractivity contribution >= 4 is 0 Å². The SMILES string of the molecule is CN1CCCCC1CNCCn1ccnc1. The highest BCUT2D eigenvalue weighted by molar-refractivity contribution is 4.77. The number of rotatable bonds is 5. The molecule has 1 saturated heterocycles. The van der Waals surface area contributed by atoms with Gasteiger partial charge < -0.3 is 14.8 Å². The Morgan fingerprint density at radius 2 is 2.38 bits per heavy atom. The average Bonchev–Trinajstić information content (AvgIpc) is 2.79. The summed E-state index contributed by atoms with van der Waals surface area (Å²) in [5, 5.41) is 3.53. The molecule has 1 fully saturated rings. The smallest absolute Gasteiger partial charge is 0.0946 e. The fraction of sp³-hybridized carbons (Fsp3) is 0.750. The Morgan fingerprint density at radius 1 is 1.44 bits per heavy atom. The largest absolute Gasteiger partial charge is 0.336 e. The van der Waals surface area contributed by atoms with E-state index in [2.05, 4.69) is 26.8 Å². The Balaban J connectivity index is 1.60. The van der Waals surface area contributed by atoms with Crippen molar-refractivity contribution in [1.29, 1.82) is 0 Å². The zero-order chi connectivity index (χ0) is 11.2. The van der Waals surface area contributed by atoms with E-state index in [1.54, 1.807) is 0 Å². The molecule has 1 aliphatic rings. The molecule has 1 aliphatic heterocycles. The van der Waals surface area contributed by atoms with Crippen molar-refractivity contribution in [3.8, 4) is 0 Å². The molecule has 1 aromatic rings. The molecule has 0 spiro atoms. The van der Waals surface area contributed by atoms with Gasteiger partial charge >= 0.3 is 0 Å². The highest BCUT2D eigenvalue weighted by Gasteiger charge is 2.17. The van der Waals surface area contributed by atoms with Crippen LogP contribution in [0.2, 0.25) is 0 Å². The first kappa shape index (κ1) is 11.6. The van der Waals surface area contributed by atoms with E-state index in [-0.39, 0.29) is 0 Å². The first-order valence-corrected chi connectivity index (χ1v) is 6.23. The van der Waals surface area contributed by atoms with Crippen LogP contribution in [0.3, 0.4) is 0 Å². The van der Waals surface area contributed by atoms with Crippen LogP contribution in [0.15, 0.2) is 18.7 Å². The van der Waals surface area contributed by atoms with Crippen LogP contribution in [-0.2, 0) is 6.54 Å². The van der Waals surface area contributed by atoms with E-state index in [4.69, 9.17) is 0 Å². The van der Waals surface area contributed by atoms with Gasteiger partial charge in [-0.3, -0.25) is 0 Å². The highest BCUT2D eigenvalue weighted by atomic mass is 15.2. The van der Waals surface area contributed by atoms with Gasteiger partial charge in [0.2, 0.25) is 0 Å². The first-order chi connectivity index (χ1) is 7.86. The number of aromatic nitrogens is 2. The quantitative estimate of drug-likeness (QED) is 0.753. The van der Waals surface area contributed by atoms with Gasteiger partial charge in [-0.15, -0.1) is 0 Å². The molecule has 1 atom stereocenters. The van der Waals surface area contributed by atoms with E-state index in [1.807, 2.05) is 18.7 Å². The Morgan fingerprint density at radius 3 is 3.12 bits per heavy atom. The lowest BCUT2D eigenvalue weighted by Crippen LogP contribution is -2.43. The number of hydrogen-bond donors (Lipinski definition) is 1. The van der Waals surface area contributed by atoms with E-state index in [1.165, 1.54) is 25.8 Å². The number of likely N-dealkylation sites (N-methyl/N-ethyl adjacent to an activating group) is 1. The monoisotopic (exact) mass is 222 g/mol. The van der Waals surface area contributed by atoms with E-state index in [0.717, 1.165) is 25.7 Å². The molecule has 4 nitrogen and oxygen atoms in total. The molecular weight excluding hydrogens is 200 g/mol. The fourth-order valence-corrected chi connectivity index (χ4v) is 2.30. The molecule has 16 heavy (non-hydrogen) atoms. The van der Waals surface area contributed by atoms with Gasteiger partial charge in [-0.1, -0.05) is 6.42 Å². The van der Waals surface area contributed by atoms with Crippen LogP contribution in [0.4, 0.5) is 0 Å². The number of hydrogen-bond acceptors (Lipinski definition) is 3. The van der Waals surface area contributed by atoms with E-state index >= 15 is 0 Å². The summed E-state index contributed by atoms with van der Waals surface area (Å²) in [6, 6.07) is 0.733. The van der Waals surface area contributed by atoms with Crippen molar-refractivity contribution < 1.29 is 0 Å². The second-order valence-corrected chi connectivity index (χ2v) is 4.63. The lowest BCUT2D eigenvalue weighted by molar-refractivity contribution is 0.181. The summed E-state index contributed by atoms with van der Waals surface area (Å²) in [5.74, 6) is 0. The van der Waals surface area contributed by atoms with Crippen molar-refractivity contribution in [2.75, 3.05) is 26.7 Å². The van der Waals surface area contributed by atoms with Crippen molar-refractivity contribution in [3.05, 3.63) is 18.7 Å². The predicted octanol–water partition coefficient (Wildman–Crippen LogP) is 0.957. The molecule has 1 unspecified atom stereocenters. The van der Waals surface area contributed by atoms with Gasteiger partial charge in [0, 0.05) is 38.1 Å². The topological polar surface area (TPSA) is 33.1 Å². The Bertz CT molecular complexity index is 283. The second-order valence-electron chi connectivity index (χ2n) is 4.63. The van der Waals surface area contributed by atoms with Crippen LogP contribution in [0, 0.1) is 0 Å². The van der Waals surface area contributed by atoms with Gasteiger partial charge in [-0.2, -0.15) is 0 Å². The molecule has 0 aromatic carbocycles. The van der Waals surface area contributed by atoms with Crippen LogP contribution in [0.5, 0.6) is 0 Å². The van der Waals surface area contributed by atoms with Gasteiger partial charge in [-0.25, -0.2) is 4.98 Å². The first-order valence-electron chi connectivity index (χ1n) is 6.23. The number of likely N-dealkylation sites (tertiary alicyclic amines) is 1. The maximum absolute atomic E-state index is 4.03. The number of nitrogens with zero attached hydrogens (tertiary/aromatic N) is 3. The Kier molecular flexibility index (Phi) is 4.36. The minimum atomic E-state index is 0.733. The zero-order valence-corrected chi connectivity index (χ0v) is 10.1. The molecular formula is C12H22N4. The zero-order valence-electron chi connectivity index (χ0n) is 10.1. The van der Waals surface area contributed by atoms with E-state index in [9.17, 15) is 0 Å². The average molecular weight is 222 g/mol. The van der Waals surface area contributed by atoms with E-state index < -0.39 is 0 Å². The normalized spacial score (nSPS) is 22.4. The highest BCUT2D eigenvalue weighted by Crippen LogP contribution is 2.13. The fourth-order valence-electron chi connectivity index (χ4n) is 2.30. The van der Waals surface area contributed by atoms with Crippen molar-refractivity contribution in [3.63, 3.8) is 0 Å². The van der Waals surface area contributed by atoms with Crippen LogP contribution in [0.25, 0.3) is 0 Å². The molecule has 1 aromatic heterocycles. The van der Waals surface area contributed by atoms with Crippen molar-refractivity contribution in [2.45, 2.75) is 31.8 Å². The number of piperidine rings is 1. The van der Waals surface area contributed by atoms with Gasteiger partial charge in [0.15, 0.2) is 0 Å². The summed E-state index contributed by atoms with van der Waals surface area (Å²) in [5.41, 5.74) is 0. The summed E-state index contributed by atoms with van der Waals surface area (Å²) < 4.78 is 2.11. The Labute approximate surface area is 97.7 Å². The third-order valence-corrected chi connectivity index (χ3v) is 3.41. The molecule has 2 heterocycles. The molecule has 0 radical (unpaired) electrons. The summed E-state index contributed by atoms with van der Waals surface area (Å²) in [7, 11) is 2.24.